The van der Waals surface area contributed by atoms with E-state index >= 15 is 0 Å². The van der Waals surface area contributed by atoms with Crippen LogP contribution in [-0.4, -0.2) is 50.0 Å². The number of nitrogens with one attached hydrogen (secondary N) is 2. The van der Waals surface area contributed by atoms with Crippen molar-refractivity contribution < 1.29 is 74.0 Å². The number of pyridine rings is 2. The zero-order chi connectivity index (χ0) is 37.0. The molecule has 7 nitrogen and oxygen atoms in total. The van der Waals surface area contributed by atoms with Gasteiger partial charge >= 0.3 is 57.6 Å². The van der Waals surface area contributed by atoms with Crippen molar-refractivity contribution in [2.24, 2.45) is 11.7 Å². The molecule has 2 fully saturated rings. The first-order valence-electron chi connectivity index (χ1n) is 15.3. The van der Waals surface area contributed by atoms with Gasteiger partial charge in [0.05, 0.1) is 24.5 Å². The number of nitrogens with zero attached hydrogens (tertiary/aromatic N) is 2. The van der Waals surface area contributed by atoms with E-state index in [1.807, 2.05) is 33.9 Å². The number of nitrogens with two attached hydrogens (primary N) is 1. The Labute approximate surface area is 339 Å². The molecule has 0 spiro atoms. The smallest absolute Gasteiger partial charge is 0.507 e. The molecule has 0 aliphatic heterocycles. The fourth-order valence-corrected chi connectivity index (χ4v) is 4.69. The number of allylic oxidation sites excluding steroid dienone is 4. The average Bonchev–Trinajstić information content (AvgIpc) is 3.99. The number of halogens is 4. The van der Waals surface area contributed by atoms with Crippen LogP contribution in [0, 0.1) is 44.1 Å². The maximum absolute atomic E-state index is 13.3. The molecule has 3 aliphatic carbocycles. The molecule has 2 heterocycles. The van der Waals surface area contributed by atoms with E-state index in [9.17, 15) is 13.2 Å². The van der Waals surface area contributed by atoms with Gasteiger partial charge in [-0.25, -0.2) is 24.4 Å². The van der Waals surface area contributed by atoms with Crippen LogP contribution in [0.25, 0.3) is 11.3 Å². The minimum absolute atomic E-state index is 0. The predicted molar refractivity (Wildman–Crippen MR) is 192 cm³/mol. The molecule has 3 aliphatic rings. The van der Waals surface area contributed by atoms with Crippen LogP contribution in [0.3, 0.4) is 0 Å². The SMILES string of the molecule is C#C.C=C.CCOc1c(C)cc(C(CNC)C2CC2)nc1-c1ccnc(C(F)(F)F)c1Cl.CN.[CH-]1CC1.[CH-]=C1C=C(C)C=C(OC)C1=N.[K+]. The third-order valence-electron chi connectivity index (χ3n) is 6.66. The second-order valence-corrected chi connectivity index (χ2v) is 10.7. The standard InChI is InChI=1S/C20H23ClF3N3O.C9H10NO.C3H5.C2H4.C2H2.CH5N.K/c1-4-28-18-11(2)9-15(14(10-25-3)12-5-6-12)27-17(18)13-7-8-26-19(16(13)21)20(22,23)24;1-6-4-7(2)9(10)8(5-6)11-3;1-2-3-1;3*1-2;/h7-9,12,14,25H,4-6,10H2,1-3H3;2,4-5,10H,1,3H3;1H,2-3H2;1-2H2;1-2H;2H2,1H3;/q;2*-1;;;;+1. The van der Waals surface area contributed by atoms with E-state index < -0.39 is 16.9 Å². The van der Waals surface area contributed by atoms with Gasteiger partial charge in [-0.15, -0.1) is 31.6 Å². The Bertz CT molecular complexity index is 1420. The van der Waals surface area contributed by atoms with Crippen LogP contribution in [-0.2, 0) is 10.9 Å². The van der Waals surface area contributed by atoms with E-state index in [0.29, 0.717) is 35.3 Å². The molecule has 0 saturated heterocycles. The number of likely N-dealkylation sites (N-methyl/N-ethyl adjacent to an activating group) is 1. The molecule has 12 heteroatoms. The van der Waals surface area contributed by atoms with E-state index in [4.69, 9.17) is 38.0 Å². The molecule has 264 valence electrons. The van der Waals surface area contributed by atoms with Gasteiger partial charge in [-0.1, -0.05) is 18.5 Å². The summed E-state index contributed by atoms with van der Waals surface area (Å²) in [6.07, 6.45) is 15.3. The van der Waals surface area contributed by atoms with Gasteiger partial charge in [0.2, 0.25) is 0 Å². The normalized spacial score (nSPS) is 14.6. The number of rotatable bonds is 8. The van der Waals surface area contributed by atoms with Crippen molar-refractivity contribution in [3.8, 4) is 29.9 Å². The van der Waals surface area contributed by atoms with E-state index in [0.717, 1.165) is 42.4 Å². The van der Waals surface area contributed by atoms with Crippen molar-refractivity contribution >= 4 is 17.3 Å². The number of aromatic nitrogens is 2. The van der Waals surface area contributed by atoms with Crippen LogP contribution < -0.4 is 67.2 Å². The van der Waals surface area contributed by atoms with Gasteiger partial charge in [-0.05, 0) is 76.2 Å². The molecular formula is C37H49ClF3KN5O2-. The zero-order valence-corrected chi connectivity index (χ0v) is 33.7. The second kappa shape index (κ2) is 25.6. The third kappa shape index (κ3) is 16.1. The van der Waals surface area contributed by atoms with Crippen LogP contribution in [0.4, 0.5) is 13.2 Å². The van der Waals surface area contributed by atoms with Gasteiger partial charge < -0.3 is 32.4 Å². The Morgan fingerprint density at radius 1 is 1.20 bits per heavy atom. The van der Waals surface area contributed by atoms with Gasteiger partial charge in [0.1, 0.15) is 11.4 Å². The number of aryl methyl sites for hydroxylation is 1. The predicted octanol–water partition coefficient (Wildman–Crippen LogP) is 5.71. The summed E-state index contributed by atoms with van der Waals surface area (Å²) in [5, 5.41) is 10.2. The maximum Gasteiger partial charge on any atom is 1.00 e. The van der Waals surface area contributed by atoms with Gasteiger partial charge in [0, 0.05) is 29.9 Å². The van der Waals surface area contributed by atoms with Crippen LogP contribution in [0.2, 0.25) is 5.02 Å². The largest absolute Gasteiger partial charge is 1.00 e. The first kappa shape index (κ1) is 48.8. The van der Waals surface area contributed by atoms with Gasteiger partial charge in [-0.3, -0.25) is 4.98 Å². The molecular weight excluding hydrogens is 678 g/mol. The molecule has 2 aromatic heterocycles. The average molecular weight is 727 g/mol. The molecule has 4 N–H and O–H groups in total. The third-order valence-corrected chi connectivity index (χ3v) is 7.04. The van der Waals surface area contributed by atoms with Crippen LogP contribution >= 0.6 is 11.6 Å². The molecule has 2 saturated carbocycles. The summed E-state index contributed by atoms with van der Waals surface area (Å²) < 4.78 is 50.5. The van der Waals surface area contributed by atoms with Gasteiger partial charge in [-0.2, -0.15) is 24.8 Å². The molecule has 1 atom stereocenters. The van der Waals surface area contributed by atoms with Gasteiger partial charge in [0.15, 0.2) is 5.69 Å². The monoisotopic (exact) mass is 726 g/mol. The zero-order valence-electron chi connectivity index (χ0n) is 29.8. The molecule has 2 aromatic rings. The number of hydrogen-bond acceptors (Lipinski definition) is 7. The van der Waals surface area contributed by atoms with Crippen molar-refractivity contribution in [2.45, 2.75) is 58.5 Å². The van der Waals surface area contributed by atoms with Crippen LogP contribution in [0.15, 0.2) is 60.5 Å². The maximum atomic E-state index is 13.3. The summed E-state index contributed by atoms with van der Waals surface area (Å²) in [6.45, 7) is 18.3. The first-order chi connectivity index (χ1) is 22.9. The van der Waals surface area contributed by atoms with Crippen molar-refractivity contribution in [1.82, 2.24) is 15.3 Å². The topological polar surface area (TPSA) is 106 Å². The summed E-state index contributed by atoms with van der Waals surface area (Å²) in [6, 6.07) is 3.42. The van der Waals surface area contributed by atoms with E-state index in [2.05, 4.69) is 48.5 Å². The second-order valence-electron chi connectivity index (χ2n) is 10.3. The van der Waals surface area contributed by atoms with Crippen molar-refractivity contribution in [3.05, 3.63) is 95.5 Å². The Morgan fingerprint density at radius 3 is 2.22 bits per heavy atom. The number of alkyl halides is 3. The summed E-state index contributed by atoms with van der Waals surface area (Å²) in [4.78, 5) is 8.17. The van der Waals surface area contributed by atoms with Gasteiger partial charge in [0.25, 0.3) is 0 Å². The number of methoxy groups -OCH3 is 1. The van der Waals surface area contributed by atoms with E-state index in [1.54, 1.807) is 12.2 Å². The minimum atomic E-state index is -4.64. The summed E-state index contributed by atoms with van der Waals surface area (Å²) in [5.74, 6) is 1.71. The molecule has 5 rings (SSSR count). The van der Waals surface area contributed by atoms with Crippen LogP contribution in [0.1, 0.15) is 62.4 Å². The van der Waals surface area contributed by atoms with E-state index in [-0.39, 0.29) is 68.6 Å². The fraction of sp³-hybridized carbons (Fsp3) is 0.405. The Balaban J connectivity index is 0. The summed E-state index contributed by atoms with van der Waals surface area (Å²) in [7, 11) is 4.92. The summed E-state index contributed by atoms with van der Waals surface area (Å²) in [5.41, 5.74) is 7.29. The van der Waals surface area contributed by atoms with Crippen molar-refractivity contribution in [2.75, 3.05) is 34.4 Å². The molecule has 0 amide bonds. The molecule has 49 heavy (non-hydrogen) atoms. The Kier molecular flexibility index (Phi) is 25.6. The molecule has 0 aromatic carbocycles. The van der Waals surface area contributed by atoms with E-state index in [1.165, 1.54) is 33.1 Å². The Hall–Kier alpha value is -2.27. The quantitative estimate of drug-likeness (QED) is 0.140. The number of ether oxygens (including phenoxy) is 2. The molecule has 0 radical (unpaired) electrons. The van der Waals surface area contributed by atoms with Crippen LogP contribution in [0.5, 0.6) is 5.75 Å². The van der Waals surface area contributed by atoms with Crippen molar-refractivity contribution in [1.29, 1.82) is 5.41 Å². The molecule has 0 bridgehead atoms. The fourth-order valence-electron chi connectivity index (χ4n) is 4.38. The number of terminal acetylenes is 1. The van der Waals surface area contributed by atoms with Crippen molar-refractivity contribution in [3.63, 3.8) is 0 Å². The summed E-state index contributed by atoms with van der Waals surface area (Å²) >= 11 is 6.13. The first-order valence-corrected chi connectivity index (χ1v) is 15.7. The minimum Gasteiger partial charge on any atom is -0.507 e. The number of hydrogen-bond donors (Lipinski definition) is 3. The Morgan fingerprint density at radius 2 is 1.78 bits per heavy atom. The molecule has 1 unspecified atom stereocenters.